The highest BCUT2D eigenvalue weighted by Crippen LogP contribution is 2.36. The van der Waals surface area contributed by atoms with Crippen molar-refractivity contribution in [3.8, 4) is 17.0 Å². The number of phenolic OH excluding ortho intramolecular Hbond substituents is 1. The lowest BCUT2D eigenvalue weighted by atomic mass is 10.0. The van der Waals surface area contributed by atoms with Crippen LogP contribution in [0.1, 0.15) is 17.7 Å². The molecule has 2 aromatic rings. The molecule has 2 atom stereocenters. The second-order valence-corrected chi connectivity index (χ2v) is 6.24. The zero-order valence-corrected chi connectivity index (χ0v) is 13.9. The Morgan fingerprint density at radius 2 is 2.00 bits per heavy atom. The van der Waals surface area contributed by atoms with Gasteiger partial charge in [-0.2, -0.15) is 13.2 Å². The Morgan fingerprint density at radius 3 is 2.58 bits per heavy atom. The zero-order valence-electron chi connectivity index (χ0n) is 13.9. The number of hydrogen-bond acceptors (Lipinski definition) is 7. The summed E-state index contributed by atoms with van der Waals surface area (Å²) in [5.41, 5.74) is 5.61. The van der Waals surface area contributed by atoms with E-state index in [0.29, 0.717) is 37.2 Å². The SMILES string of the molecule is Cc1nc(N2CC[C@H](O)[C@@H](N)C2)nnc1-c1ccc(C(F)(F)F)cc1O. The molecule has 1 aliphatic rings. The molecular weight excluding hydrogens is 351 g/mol. The first kappa shape index (κ1) is 18.3. The van der Waals surface area contributed by atoms with Gasteiger partial charge in [0.05, 0.1) is 17.4 Å². The van der Waals surface area contributed by atoms with E-state index in [1.807, 2.05) is 0 Å². The molecule has 2 heterocycles. The number of hydrogen-bond donors (Lipinski definition) is 3. The lowest BCUT2D eigenvalue weighted by molar-refractivity contribution is -0.137. The van der Waals surface area contributed by atoms with Gasteiger partial charge in [0.2, 0.25) is 5.95 Å². The topological polar surface area (TPSA) is 108 Å². The normalized spacial score (nSPS) is 21.1. The van der Waals surface area contributed by atoms with Crippen molar-refractivity contribution in [3.05, 3.63) is 29.5 Å². The van der Waals surface area contributed by atoms with Crippen LogP contribution in [0, 0.1) is 6.92 Å². The number of halogens is 3. The molecule has 1 aliphatic heterocycles. The summed E-state index contributed by atoms with van der Waals surface area (Å²) in [5, 5.41) is 27.7. The number of aryl methyl sites for hydroxylation is 1. The molecule has 140 valence electrons. The Morgan fingerprint density at radius 1 is 1.27 bits per heavy atom. The van der Waals surface area contributed by atoms with Crippen LogP contribution < -0.4 is 10.6 Å². The van der Waals surface area contributed by atoms with Crippen LogP contribution in [-0.4, -0.2) is 50.6 Å². The second kappa shape index (κ2) is 6.69. The lowest BCUT2D eigenvalue weighted by Gasteiger charge is -2.33. The summed E-state index contributed by atoms with van der Waals surface area (Å²) in [5.74, 6) is -0.227. The van der Waals surface area contributed by atoms with Gasteiger partial charge in [0.25, 0.3) is 0 Å². The number of rotatable bonds is 2. The van der Waals surface area contributed by atoms with Gasteiger partial charge in [0.1, 0.15) is 11.4 Å². The maximum atomic E-state index is 12.7. The van der Waals surface area contributed by atoms with E-state index >= 15 is 0 Å². The van der Waals surface area contributed by atoms with Crippen LogP contribution in [-0.2, 0) is 6.18 Å². The van der Waals surface area contributed by atoms with Crippen molar-refractivity contribution < 1.29 is 23.4 Å². The molecule has 0 amide bonds. The quantitative estimate of drug-likeness (QED) is 0.736. The fourth-order valence-corrected chi connectivity index (χ4v) is 2.83. The minimum Gasteiger partial charge on any atom is -0.507 e. The van der Waals surface area contributed by atoms with Gasteiger partial charge in [-0.3, -0.25) is 0 Å². The first-order valence-corrected chi connectivity index (χ1v) is 7.97. The number of phenols is 1. The van der Waals surface area contributed by atoms with E-state index < -0.39 is 29.6 Å². The predicted molar refractivity (Wildman–Crippen MR) is 87.5 cm³/mol. The van der Waals surface area contributed by atoms with E-state index in [2.05, 4.69) is 15.2 Å². The van der Waals surface area contributed by atoms with E-state index in [0.717, 1.165) is 12.1 Å². The molecule has 0 bridgehead atoms. The molecule has 0 spiro atoms. The smallest absolute Gasteiger partial charge is 0.416 e. The minimum absolute atomic E-state index is 0.118. The number of aromatic nitrogens is 3. The van der Waals surface area contributed by atoms with E-state index in [4.69, 9.17) is 5.73 Å². The number of aliphatic hydroxyl groups excluding tert-OH is 1. The molecule has 1 fully saturated rings. The summed E-state index contributed by atoms with van der Waals surface area (Å²) in [6.07, 6.45) is -4.65. The number of nitrogens with zero attached hydrogens (tertiary/aromatic N) is 4. The molecule has 0 unspecified atom stereocenters. The number of aromatic hydroxyl groups is 1. The summed E-state index contributed by atoms with van der Waals surface area (Å²) >= 11 is 0. The van der Waals surface area contributed by atoms with Crippen LogP contribution in [0.25, 0.3) is 11.3 Å². The van der Waals surface area contributed by atoms with Gasteiger partial charge in [-0.1, -0.05) is 0 Å². The van der Waals surface area contributed by atoms with Crippen molar-refractivity contribution in [3.63, 3.8) is 0 Å². The molecule has 0 saturated carbocycles. The average molecular weight is 369 g/mol. The third kappa shape index (κ3) is 3.56. The van der Waals surface area contributed by atoms with Gasteiger partial charge in [-0.05, 0) is 31.5 Å². The molecule has 0 radical (unpaired) electrons. The summed E-state index contributed by atoms with van der Waals surface area (Å²) in [7, 11) is 0. The van der Waals surface area contributed by atoms with Gasteiger partial charge >= 0.3 is 6.18 Å². The van der Waals surface area contributed by atoms with Crippen molar-refractivity contribution >= 4 is 5.95 Å². The Bertz CT molecular complexity index is 815. The van der Waals surface area contributed by atoms with Crippen molar-refractivity contribution in [2.75, 3.05) is 18.0 Å². The monoisotopic (exact) mass is 369 g/mol. The van der Waals surface area contributed by atoms with E-state index in [9.17, 15) is 23.4 Å². The Labute approximate surface area is 147 Å². The maximum Gasteiger partial charge on any atom is 0.416 e. The third-order valence-corrected chi connectivity index (χ3v) is 4.33. The summed E-state index contributed by atoms with van der Waals surface area (Å²) in [6, 6.07) is 2.24. The van der Waals surface area contributed by atoms with Crippen molar-refractivity contribution in [2.24, 2.45) is 5.73 Å². The Balaban J connectivity index is 1.89. The van der Waals surface area contributed by atoms with Gasteiger partial charge in [0, 0.05) is 24.7 Å². The first-order chi connectivity index (χ1) is 12.2. The number of benzene rings is 1. The van der Waals surface area contributed by atoms with Gasteiger partial charge in [-0.15, -0.1) is 10.2 Å². The lowest BCUT2D eigenvalue weighted by Crippen LogP contribution is -2.51. The van der Waals surface area contributed by atoms with Crippen molar-refractivity contribution in [2.45, 2.75) is 31.7 Å². The fraction of sp³-hybridized carbons (Fsp3) is 0.438. The van der Waals surface area contributed by atoms with E-state index in [1.54, 1.807) is 11.8 Å². The van der Waals surface area contributed by atoms with Gasteiger partial charge in [-0.25, -0.2) is 4.98 Å². The van der Waals surface area contributed by atoms with Crippen LogP contribution in [0.2, 0.25) is 0 Å². The van der Waals surface area contributed by atoms with Crippen molar-refractivity contribution in [1.82, 2.24) is 15.2 Å². The molecule has 0 aliphatic carbocycles. The van der Waals surface area contributed by atoms with Crippen LogP contribution in [0.5, 0.6) is 5.75 Å². The van der Waals surface area contributed by atoms with Crippen LogP contribution in [0.4, 0.5) is 19.1 Å². The summed E-state index contributed by atoms with van der Waals surface area (Å²) in [6.45, 7) is 2.51. The Kier molecular flexibility index (Phi) is 4.72. The Hall–Kier alpha value is -2.46. The highest BCUT2D eigenvalue weighted by atomic mass is 19.4. The molecule has 1 saturated heterocycles. The first-order valence-electron chi connectivity index (χ1n) is 7.97. The standard InChI is InChI=1S/C16H18F3N5O2/c1-8-14(10-3-2-9(6-13(10)26)16(17,18)19)22-23-15(21-8)24-5-4-12(25)11(20)7-24/h2-3,6,11-12,25-26H,4-5,7,20H2,1H3/t11-,12-/m0/s1. The third-order valence-electron chi connectivity index (χ3n) is 4.33. The second-order valence-electron chi connectivity index (χ2n) is 6.24. The van der Waals surface area contributed by atoms with Crippen LogP contribution >= 0.6 is 0 Å². The molecule has 26 heavy (non-hydrogen) atoms. The molecule has 1 aromatic heterocycles. The van der Waals surface area contributed by atoms with E-state index in [-0.39, 0.29) is 11.3 Å². The summed E-state index contributed by atoms with van der Waals surface area (Å²) in [4.78, 5) is 6.11. The molecule has 4 N–H and O–H groups in total. The number of piperidine rings is 1. The highest BCUT2D eigenvalue weighted by molar-refractivity contribution is 5.69. The average Bonchev–Trinajstić information content (AvgIpc) is 2.57. The molecule has 3 rings (SSSR count). The maximum absolute atomic E-state index is 12.7. The largest absolute Gasteiger partial charge is 0.507 e. The predicted octanol–water partition coefficient (Wildman–Crippen LogP) is 1.47. The minimum atomic E-state index is -4.55. The van der Waals surface area contributed by atoms with Crippen LogP contribution in [0.15, 0.2) is 18.2 Å². The number of anilines is 1. The fourth-order valence-electron chi connectivity index (χ4n) is 2.83. The van der Waals surface area contributed by atoms with E-state index in [1.165, 1.54) is 0 Å². The molecule has 10 heteroatoms. The van der Waals surface area contributed by atoms with Gasteiger partial charge in [0.15, 0.2) is 0 Å². The number of alkyl halides is 3. The zero-order chi connectivity index (χ0) is 19.1. The van der Waals surface area contributed by atoms with Crippen LogP contribution in [0.3, 0.4) is 0 Å². The van der Waals surface area contributed by atoms with Crippen molar-refractivity contribution in [1.29, 1.82) is 0 Å². The number of aliphatic hydroxyl groups is 1. The molecule has 1 aromatic carbocycles. The number of nitrogens with two attached hydrogens (primary N) is 1. The summed E-state index contributed by atoms with van der Waals surface area (Å²) < 4.78 is 38.1. The highest BCUT2D eigenvalue weighted by Gasteiger charge is 2.31. The molecule has 7 nitrogen and oxygen atoms in total. The van der Waals surface area contributed by atoms with Gasteiger partial charge < -0.3 is 20.8 Å². The molecular formula is C16H18F3N5O2.